The maximum atomic E-state index is 12.0. The van der Waals surface area contributed by atoms with E-state index in [0.29, 0.717) is 17.6 Å². The van der Waals surface area contributed by atoms with E-state index in [0.717, 1.165) is 25.9 Å². The van der Waals surface area contributed by atoms with Crippen LogP contribution in [0.3, 0.4) is 0 Å². The van der Waals surface area contributed by atoms with E-state index in [-0.39, 0.29) is 5.92 Å². The SMILES string of the molecule is CCN(CC)C1=C(C)[C@H]2[C@@H]1C(=O)CC[C@H]2C. The molecule has 3 atom stereocenters. The van der Waals surface area contributed by atoms with E-state index in [1.54, 1.807) is 0 Å². The van der Waals surface area contributed by atoms with E-state index in [9.17, 15) is 4.79 Å². The summed E-state index contributed by atoms with van der Waals surface area (Å²) in [5.41, 5.74) is 2.83. The summed E-state index contributed by atoms with van der Waals surface area (Å²) in [6.45, 7) is 10.9. The van der Waals surface area contributed by atoms with Gasteiger partial charge in [0.2, 0.25) is 0 Å². The van der Waals surface area contributed by atoms with Crippen molar-refractivity contribution >= 4 is 5.78 Å². The average Bonchev–Trinajstić information content (AvgIpc) is 2.28. The van der Waals surface area contributed by atoms with Crippen molar-refractivity contribution in [3.8, 4) is 0 Å². The largest absolute Gasteiger partial charge is 0.375 e. The van der Waals surface area contributed by atoms with Gasteiger partial charge in [-0.1, -0.05) is 6.92 Å². The summed E-state index contributed by atoms with van der Waals surface area (Å²) in [4.78, 5) is 14.4. The summed E-state index contributed by atoms with van der Waals surface area (Å²) >= 11 is 0. The minimum absolute atomic E-state index is 0.239. The van der Waals surface area contributed by atoms with E-state index >= 15 is 0 Å². The van der Waals surface area contributed by atoms with Crippen LogP contribution in [0.15, 0.2) is 11.3 Å². The molecular weight excluding hydrogens is 198 g/mol. The zero-order valence-corrected chi connectivity index (χ0v) is 10.9. The quantitative estimate of drug-likeness (QED) is 0.730. The number of hydrogen-bond donors (Lipinski definition) is 0. The van der Waals surface area contributed by atoms with Gasteiger partial charge in [-0.2, -0.15) is 0 Å². The van der Waals surface area contributed by atoms with Crippen molar-refractivity contribution in [1.29, 1.82) is 0 Å². The molecule has 0 aromatic heterocycles. The lowest BCUT2D eigenvalue weighted by molar-refractivity contribution is -0.128. The molecule has 2 rings (SSSR count). The molecule has 0 aromatic rings. The van der Waals surface area contributed by atoms with Gasteiger partial charge in [0.15, 0.2) is 0 Å². The number of carbonyl (C=O) groups is 1. The molecular formula is C14H23NO. The minimum atomic E-state index is 0.239. The highest BCUT2D eigenvalue weighted by molar-refractivity contribution is 5.87. The Kier molecular flexibility index (Phi) is 3.09. The number of nitrogens with zero attached hydrogens (tertiary/aromatic N) is 1. The minimum Gasteiger partial charge on any atom is -0.375 e. The van der Waals surface area contributed by atoms with Gasteiger partial charge >= 0.3 is 0 Å². The smallest absolute Gasteiger partial charge is 0.142 e. The van der Waals surface area contributed by atoms with Gasteiger partial charge in [0.25, 0.3) is 0 Å². The molecule has 0 amide bonds. The molecule has 0 radical (unpaired) electrons. The first-order valence-electron chi connectivity index (χ1n) is 6.60. The first kappa shape index (κ1) is 11.7. The Morgan fingerprint density at radius 2 is 1.94 bits per heavy atom. The van der Waals surface area contributed by atoms with Crippen LogP contribution >= 0.6 is 0 Å². The van der Waals surface area contributed by atoms with Crippen molar-refractivity contribution in [2.45, 2.75) is 40.5 Å². The van der Waals surface area contributed by atoms with Gasteiger partial charge < -0.3 is 4.90 Å². The molecule has 0 unspecified atom stereocenters. The van der Waals surface area contributed by atoms with Crippen molar-refractivity contribution in [2.75, 3.05) is 13.1 Å². The Balaban J connectivity index is 2.28. The predicted molar refractivity (Wildman–Crippen MR) is 66.0 cm³/mol. The topological polar surface area (TPSA) is 20.3 Å². The highest BCUT2D eigenvalue weighted by atomic mass is 16.1. The van der Waals surface area contributed by atoms with Gasteiger partial charge in [0.1, 0.15) is 5.78 Å². The fraction of sp³-hybridized carbons (Fsp3) is 0.786. The number of rotatable bonds is 3. The van der Waals surface area contributed by atoms with Crippen molar-refractivity contribution < 1.29 is 4.79 Å². The van der Waals surface area contributed by atoms with Crippen molar-refractivity contribution in [3.63, 3.8) is 0 Å². The highest BCUT2D eigenvalue weighted by Gasteiger charge is 2.48. The van der Waals surface area contributed by atoms with Crippen LogP contribution in [0.4, 0.5) is 0 Å². The average molecular weight is 221 g/mol. The Labute approximate surface area is 98.7 Å². The van der Waals surface area contributed by atoms with E-state index in [1.807, 2.05) is 0 Å². The number of allylic oxidation sites excluding steroid dienone is 2. The zero-order valence-electron chi connectivity index (χ0n) is 10.9. The summed E-state index contributed by atoms with van der Waals surface area (Å²) in [6, 6.07) is 0. The van der Waals surface area contributed by atoms with Gasteiger partial charge in [-0.3, -0.25) is 4.79 Å². The third kappa shape index (κ3) is 1.50. The lowest BCUT2D eigenvalue weighted by Gasteiger charge is -2.50. The van der Waals surface area contributed by atoms with Gasteiger partial charge in [-0.25, -0.2) is 0 Å². The van der Waals surface area contributed by atoms with Crippen molar-refractivity contribution in [1.82, 2.24) is 4.90 Å². The molecule has 0 bridgehead atoms. The van der Waals surface area contributed by atoms with E-state index < -0.39 is 0 Å². The third-order valence-corrected chi connectivity index (χ3v) is 4.47. The zero-order chi connectivity index (χ0) is 11.9. The first-order valence-corrected chi connectivity index (χ1v) is 6.60. The van der Waals surface area contributed by atoms with Crippen LogP contribution < -0.4 is 0 Å². The molecule has 1 saturated carbocycles. The molecule has 1 fully saturated rings. The molecule has 0 aliphatic heterocycles. The number of carbonyl (C=O) groups excluding carboxylic acids is 1. The van der Waals surface area contributed by atoms with Crippen LogP contribution in [0.2, 0.25) is 0 Å². The summed E-state index contributed by atoms with van der Waals surface area (Å²) in [5.74, 6) is 1.97. The fourth-order valence-electron chi connectivity index (χ4n) is 3.56. The first-order chi connectivity index (χ1) is 7.61. The Morgan fingerprint density at radius 1 is 1.31 bits per heavy atom. The van der Waals surface area contributed by atoms with Crippen LogP contribution in [-0.2, 0) is 4.79 Å². The number of ketones is 1. The van der Waals surface area contributed by atoms with Crippen LogP contribution in [-0.4, -0.2) is 23.8 Å². The number of fused-ring (bicyclic) bond motifs is 1. The number of Topliss-reactive ketones (excluding diaryl/α,β-unsaturated/α-hetero) is 1. The lowest BCUT2D eigenvalue weighted by Crippen LogP contribution is -2.48. The molecule has 2 aliphatic rings. The van der Waals surface area contributed by atoms with Gasteiger partial charge in [-0.15, -0.1) is 0 Å². The van der Waals surface area contributed by atoms with Crippen LogP contribution in [0.5, 0.6) is 0 Å². The van der Waals surface area contributed by atoms with E-state index in [1.165, 1.54) is 11.3 Å². The summed E-state index contributed by atoms with van der Waals surface area (Å²) in [7, 11) is 0. The standard InChI is InChI=1S/C14H23NO/c1-5-15(6-2)14-10(4)12-9(3)7-8-11(16)13(12)14/h9,12-13H,5-8H2,1-4H3/t9-,12+,13+/m1/s1. The monoisotopic (exact) mass is 221 g/mol. The molecule has 0 heterocycles. The molecule has 2 nitrogen and oxygen atoms in total. The normalized spacial score (nSPS) is 33.5. The molecule has 90 valence electrons. The van der Waals surface area contributed by atoms with Gasteiger partial charge in [0.05, 0.1) is 5.92 Å². The van der Waals surface area contributed by atoms with E-state index in [4.69, 9.17) is 0 Å². The summed E-state index contributed by atoms with van der Waals surface area (Å²) in [5, 5.41) is 0. The Hall–Kier alpha value is -0.790. The van der Waals surface area contributed by atoms with Crippen LogP contribution in [0.1, 0.15) is 40.5 Å². The highest BCUT2D eigenvalue weighted by Crippen LogP contribution is 2.51. The molecule has 0 spiro atoms. The van der Waals surface area contributed by atoms with Crippen LogP contribution in [0, 0.1) is 17.8 Å². The fourth-order valence-corrected chi connectivity index (χ4v) is 3.56. The second kappa shape index (κ2) is 4.23. The summed E-state index contributed by atoms with van der Waals surface area (Å²) < 4.78 is 0. The van der Waals surface area contributed by atoms with Crippen molar-refractivity contribution in [2.24, 2.45) is 17.8 Å². The Morgan fingerprint density at radius 3 is 2.50 bits per heavy atom. The maximum absolute atomic E-state index is 12.0. The predicted octanol–water partition coefficient (Wildman–Crippen LogP) is 2.85. The molecule has 2 aliphatic carbocycles. The summed E-state index contributed by atoms with van der Waals surface area (Å²) in [6.07, 6.45) is 1.88. The van der Waals surface area contributed by atoms with Crippen LogP contribution in [0.25, 0.3) is 0 Å². The lowest BCUT2D eigenvalue weighted by atomic mass is 9.59. The second-order valence-corrected chi connectivity index (χ2v) is 5.23. The second-order valence-electron chi connectivity index (χ2n) is 5.23. The third-order valence-electron chi connectivity index (χ3n) is 4.47. The molecule has 2 heteroatoms. The molecule has 16 heavy (non-hydrogen) atoms. The Bertz CT molecular complexity index is 328. The molecule has 0 saturated heterocycles. The van der Waals surface area contributed by atoms with E-state index in [2.05, 4.69) is 32.6 Å². The maximum Gasteiger partial charge on any atom is 0.142 e. The number of hydrogen-bond acceptors (Lipinski definition) is 2. The van der Waals surface area contributed by atoms with Gasteiger partial charge in [-0.05, 0) is 44.6 Å². The van der Waals surface area contributed by atoms with Crippen molar-refractivity contribution in [3.05, 3.63) is 11.3 Å². The molecule has 0 aromatic carbocycles. The molecule has 0 N–H and O–H groups in total. The van der Waals surface area contributed by atoms with Gasteiger partial charge in [0, 0.05) is 25.2 Å².